The Morgan fingerprint density at radius 1 is 1.31 bits per heavy atom. The van der Waals surface area contributed by atoms with Gasteiger partial charge in [0, 0.05) is 29.1 Å². The van der Waals surface area contributed by atoms with Crippen LogP contribution in [-0.4, -0.2) is 13.6 Å². The van der Waals surface area contributed by atoms with Gasteiger partial charge in [0.1, 0.15) is 0 Å². The lowest BCUT2D eigenvalue weighted by atomic mass is 10.2. The van der Waals surface area contributed by atoms with Gasteiger partial charge < -0.3 is 4.90 Å². The topological polar surface area (TPSA) is 3.24 Å². The van der Waals surface area contributed by atoms with Crippen LogP contribution in [0.25, 0.3) is 10.1 Å². The third-order valence-electron chi connectivity index (χ3n) is 2.35. The third kappa shape index (κ3) is 1.42. The summed E-state index contributed by atoms with van der Waals surface area (Å²) in [6.07, 6.45) is 0. The smallest absolute Gasteiger partial charge is 0.0552 e. The first-order chi connectivity index (χ1) is 6.33. The van der Waals surface area contributed by atoms with Crippen LogP contribution in [-0.2, 0) is 0 Å². The van der Waals surface area contributed by atoms with Gasteiger partial charge in [-0.05, 0) is 13.0 Å². The zero-order valence-electron chi connectivity index (χ0n) is 7.95. The average molecular weight is 191 g/mol. The Bertz CT molecular complexity index is 405. The summed E-state index contributed by atoms with van der Waals surface area (Å²) in [4.78, 5) is 2.28. The van der Waals surface area contributed by atoms with E-state index in [9.17, 15) is 0 Å². The van der Waals surface area contributed by atoms with E-state index in [1.54, 1.807) is 0 Å². The highest BCUT2D eigenvalue weighted by molar-refractivity contribution is 7.17. The van der Waals surface area contributed by atoms with Crippen LogP contribution in [0.5, 0.6) is 0 Å². The molecular formula is C11H13NS. The normalized spacial score (nSPS) is 10.6. The molecule has 0 spiro atoms. The van der Waals surface area contributed by atoms with E-state index in [0.717, 1.165) is 6.54 Å². The number of hydrogen-bond acceptors (Lipinski definition) is 2. The maximum absolute atomic E-state index is 2.28. The fourth-order valence-electron chi connectivity index (χ4n) is 1.43. The first-order valence-corrected chi connectivity index (χ1v) is 5.38. The summed E-state index contributed by atoms with van der Waals surface area (Å²) in [5.74, 6) is 0. The molecule has 0 saturated heterocycles. The van der Waals surface area contributed by atoms with Gasteiger partial charge in [-0.25, -0.2) is 0 Å². The highest BCUT2D eigenvalue weighted by Crippen LogP contribution is 2.31. The molecule has 1 aromatic heterocycles. The molecule has 0 unspecified atom stereocenters. The summed E-state index contributed by atoms with van der Waals surface area (Å²) in [7, 11) is 2.13. The zero-order chi connectivity index (χ0) is 9.26. The van der Waals surface area contributed by atoms with Crippen molar-refractivity contribution in [3.63, 3.8) is 0 Å². The van der Waals surface area contributed by atoms with Gasteiger partial charge in [0.15, 0.2) is 0 Å². The Labute approximate surface area is 82.6 Å². The average Bonchev–Trinajstić information content (AvgIpc) is 2.60. The van der Waals surface area contributed by atoms with Crippen molar-refractivity contribution < 1.29 is 0 Å². The minimum Gasteiger partial charge on any atom is -0.374 e. The monoisotopic (exact) mass is 191 g/mol. The van der Waals surface area contributed by atoms with Crippen LogP contribution >= 0.6 is 11.3 Å². The highest BCUT2D eigenvalue weighted by Gasteiger charge is 2.05. The van der Waals surface area contributed by atoms with Crippen molar-refractivity contribution in [3.05, 3.63) is 29.6 Å². The number of hydrogen-bond donors (Lipinski definition) is 0. The first-order valence-electron chi connectivity index (χ1n) is 4.50. The van der Waals surface area contributed by atoms with Crippen LogP contribution in [0.3, 0.4) is 0 Å². The molecule has 0 bridgehead atoms. The fraction of sp³-hybridized carbons (Fsp3) is 0.273. The van der Waals surface area contributed by atoms with Gasteiger partial charge in [-0.2, -0.15) is 0 Å². The molecule has 0 aliphatic carbocycles. The Hall–Kier alpha value is -1.02. The summed E-state index contributed by atoms with van der Waals surface area (Å²) in [6.45, 7) is 3.23. The number of nitrogens with zero attached hydrogens (tertiary/aromatic N) is 1. The molecule has 0 saturated carbocycles. The van der Waals surface area contributed by atoms with Crippen molar-refractivity contribution in [2.24, 2.45) is 0 Å². The van der Waals surface area contributed by atoms with E-state index in [1.165, 1.54) is 15.8 Å². The van der Waals surface area contributed by atoms with E-state index < -0.39 is 0 Å². The summed E-state index contributed by atoms with van der Waals surface area (Å²) in [5.41, 5.74) is 1.35. The van der Waals surface area contributed by atoms with Crippen LogP contribution in [0.4, 0.5) is 5.69 Å². The van der Waals surface area contributed by atoms with Crippen molar-refractivity contribution in [1.29, 1.82) is 0 Å². The molecular weight excluding hydrogens is 178 g/mol. The standard InChI is InChI=1S/C11H13NS/c1-3-12(2)10-8-13-11-7-5-4-6-9(10)11/h4-8H,3H2,1-2H3. The molecule has 1 aromatic carbocycles. The van der Waals surface area contributed by atoms with E-state index >= 15 is 0 Å². The molecule has 0 N–H and O–H groups in total. The Morgan fingerprint density at radius 2 is 2.08 bits per heavy atom. The molecule has 0 amide bonds. The molecule has 1 heterocycles. The van der Waals surface area contributed by atoms with E-state index in [1.807, 2.05) is 11.3 Å². The quantitative estimate of drug-likeness (QED) is 0.703. The first kappa shape index (κ1) is 8.57. The van der Waals surface area contributed by atoms with E-state index in [2.05, 4.69) is 48.5 Å². The summed E-state index contributed by atoms with van der Waals surface area (Å²) >= 11 is 1.82. The number of fused-ring (bicyclic) bond motifs is 1. The molecule has 0 aliphatic heterocycles. The van der Waals surface area contributed by atoms with Gasteiger partial charge in [-0.3, -0.25) is 0 Å². The predicted octanol–water partition coefficient (Wildman–Crippen LogP) is 3.36. The van der Waals surface area contributed by atoms with E-state index in [-0.39, 0.29) is 0 Å². The van der Waals surface area contributed by atoms with Crippen LogP contribution in [0.15, 0.2) is 29.6 Å². The van der Waals surface area contributed by atoms with Crippen molar-refractivity contribution in [2.75, 3.05) is 18.5 Å². The second-order valence-corrected chi connectivity index (χ2v) is 4.04. The zero-order valence-corrected chi connectivity index (χ0v) is 8.77. The number of benzene rings is 1. The van der Waals surface area contributed by atoms with Crippen LogP contribution in [0.2, 0.25) is 0 Å². The fourth-order valence-corrected chi connectivity index (χ4v) is 2.43. The van der Waals surface area contributed by atoms with E-state index in [0.29, 0.717) is 0 Å². The second-order valence-electron chi connectivity index (χ2n) is 3.13. The lowest BCUT2D eigenvalue weighted by molar-refractivity contribution is 0.977. The van der Waals surface area contributed by atoms with Gasteiger partial charge >= 0.3 is 0 Å². The highest BCUT2D eigenvalue weighted by atomic mass is 32.1. The second kappa shape index (κ2) is 3.38. The molecule has 0 fully saturated rings. The molecule has 0 atom stereocenters. The molecule has 2 aromatic rings. The van der Waals surface area contributed by atoms with Crippen molar-refractivity contribution in [3.8, 4) is 0 Å². The maximum Gasteiger partial charge on any atom is 0.0552 e. The lowest BCUT2D eigenvalue weighted by Crippen LogP contribution is -2.14. The summed E-state index contributed by atoms with van der Waals surface area (Å²) < 4.78 is 1.37. The summed E-state index contributed by atoms with van der Waals surface area (Å²) in [6, 6.07) is 8.55. The maximum atomic E-state index is 2.28. The van der Waals surface area contributed by atoms with Gasteiger partial charge in [0.25, 0.3) is 0 Å². The number of rotatable bonds is 2. The van der Waals surface area contributed by atoms with Crippen molar-refractivity contribution in [1.82, 2.24) is 0 Å². The number of thiophene rings is 1. The lowest BCUT2D eigenvalue weighted by Gasteiger charge is -2.14. The molecule has 13 heavy (non-hydrogen) atoms. The minimum absolute atomic E-state index is 1.06. The van der Waals surface area contributed by atoms with Crippen LogP contribution in [0.1, 0.15) is 6.92 Å². The largest absolute Gasteiger partial charge is 0.374 e. The number of anilines is 1. The van der Waals surface area contributed by atoms with Gasteiger partial charge in [-0.15, -0.1) is 11.3 Å². The van der Waals surface area contributed by atoms with Gasteiger partial charge in [0.05, 0.1) is 5.69 Å². The molecule has 0 aliphatic rings. The minimum atomic E-state index is 1.06. The van der Waals surface area contributed by atoms with Crippen molar-refractivity contribution >= 4 is 27.1 Å². The van der Waals surface area contributed by atoms with Crippen LogP contribution < -0.4 is 4.90 Å². The summed E-state index contributed by atoms with van der Waals surface area (Å²) in [5, 5.41) is 3.60. The third-order valence-corrected chi connectivity index (χ3v) is 3.30. The molecule has 2 heteroatoms. The predicted molar refractivity (Wildman–Crippen MR) is 60.8 cm³/mol. The van der Waals surface area contributed by atoms with Crippen LogP contribution in [0, 0.1) is 0 Å². The van der Waals surface area contributed by atoms with Gasteiger partial charge in [-0.1, -0.05) is 18.2 Å². The Balaban J connectivity index is 2.57. The molecule has 68 valence electrons. The Morgan fingerprint density at radius 3 is 2.85 bits per heavy atom. The molecule has 0 radical (unpaired) electrons. The van der Waals surface area contributed by atoms with Gasteiger partial charge in [0.2, 0.25) is 0 Å². The SMILES string of the molecule is CCN(C)c1csc2ccccc12. The van der Waals surface area contributed by atoms with E-state index in [4.69, 9.17) is 0 Å². The molecule has 2 rings (SSSR count). The molecule has 1 nitrogen and oxygen atoms in total. The Kier molecular flexibility index (Phi) is 2.23. The van der Waals surface area contributed by atoms with Crippen molar-refractivity contribution in [2.45, 2.75) is 6.92 Å².